The molecule has 106 heavy (non-hydrogen) atoms. The van der Waals surface area contributed by atoms with Crippen molar-refractivity contribution in [1.82, 2.24) is 0 Å². The summed E-state index contributed by atoms with van der Waals surface area (Å²) in [4.78, 5) is 10.2. The molecule has 0 aliphatic heterocycles. The van der Waals surface area contributed by atoms with Crippen LogP contribution in [0.4, 0.5) is 28.4 Å². The van der Waals surface area contributed by atoms with E-state index in [1.165, 1.54) is 135 Å². The predicted molar refractivity (Wildman–Crippen MR) is 444 cm³/mol. The second-order valence-electron chi connectivity index (χ2n) is 29.5. The first-order chi connectivity index (χ1) is 52.5. The van der Waals surface area contributed by atoms with Crippen molar-refractivity contribution in [3.05, 3.63) is 453 Å². The van der Waals surface area contributed by atoms with Crippen molar-refractivity contribution in [3.63, 3.8) is 0 Å². The van der Waals surface area contributed by atoms with Gasteiger partial charge >= 0.3 is 0 Å². The van der Waals surface area contributed by atoms with E-state index in [0.717, 1.165) is 58.1 Å². The number of nitrogens with zero attached hydrogens (tertiary/aromatic N) is 2. The zero-order chi connectivity index (χ0) is 70.1. The minimum Gasteiger partial charge on any atom is -0.311 e. The average molecular weight is 1400 g/mol. The summed E-state index contributed by atoms with van der Waals surface area (Å²) in [6.07, 6.45) is 27.3. The Labute approximate surface area is 631 Å². The van der Waals surface area contributed by atoms with Gasteiger partial charge < -0.3 is 9.80 Å². The topological polar surface area (TPSA) is 6.48 Å². The summed E-state index contributed by atoms with van der Waals surface area (Å²) in [5.74, 6) is 0.472. The fourth-order valence-corrected chi connectivity index (χ4v) is 20.4. The van der Waals surface area contributed by atoms with Crippen LogP contribution in [0.25, 0.3) is 33.4 Å². The van der Waals surface area contributed by atoms with E-state index in [-0.39, 0.29) is 11.8 Å². The van der Waals surface area contributed by atoms with Crippen LogP contribution in [0.15, 0.2) is 407 Å². The highest BCUT2D eigenvalue weighted by molar-refractivity contribution is 8.03. The molecule has 0 amide bonds. The molecule has 0 heterocycles. The summed E-state index contributed by atoms with van der Waals surface area (Å²) < 4.78 is 0. The third-order valence-electron chi connectivity index (χ3n) is 23.9. The molecule has 7 aliphatic rings. The van der Waals surface area contributed by atoms with Crippen LogP contribution in [-0.2, 0) is 23.7 Å². The Bertz CT molecular complexity index is 5720. The van der Waals surface area contributed by atoms with Gasteiger partial charge in [0.15, 0.2) is 0 Å². The van der Waals surface area contributed by atoms with E-state index in [2.05, 4.69) is 380 Å². The van der Waals surface area contributed by atoms with Gasteiger partial charge in [0.2, 0.25) is 0 Å². The normalized spacial score (nSPS) is 19.6. The molecule has 508 valence electrons. The molecular weight excluding hydrogens is 1320 g/mol. The second kappa shape index (κ2) is 26.9. The molecule has 0 spiro atoms. The molecule has 0 radical (unpaired) electrons. The predicted octanol–water partition coefficient (Wildman–Crippen LogP) is 26.9. The maximum absolute atomic E-state index is 2.61. The molecule has 0 fully saturated rings. The van der Waals surface area contributed by atoms with Crippen LogP contribution in [0.1, 0.15) is 105 Å². The third-order valence-corrected chi connectivity index (χ3v) is 25.9. The van der Waals surface area contributed by atoms with Crippen molar-refractivity contribution < 1.29 is 0 Å². The van der Waals surface area contributed by atoms with Crippen LogP contribution in [0, 0.1) is 5.92 Å². The first kappa shape index (κ1) is 64.2. The highest BCUT2D eigenvalue weighted by Gasteiger charge is 2.54. The maximum Gasteiger partial charge on any atom is 0.0714 e. The number of thioether (sulfide) groups is 1. The van der Waals surface area contributed by atoms with Crippen molar-refractivity contribution >= 4 is 52.0 Å². The van der Waals surface area contributed by atoms with Crippen LogP contribution < -0.4 is 9.80 Å². The van der Waals surface area contributed by atoms with Crippen LogP contribution >= 0.6 is 23.5 Å². The van der Waals surface area contributed by atoms with Crippen molar-refractivity contribution in [1.29, 1.82) is 0 Å². The molecule has 4 heteroatoms. The quantitative estimate of drug-likeness (QED) is 0.0896. The lowest BCUT2D eigenvalue weighted by atomic mass is 9.63. The maximum atomic E-state index is 2.61. The number of allylic oxidation sites excluding steroid dienone is 11. The van der Waals surface area contributed by atoms with Crippen LogP contribution in [0.2, 0.25) is 0 Å². The van der Waals surface area contributed by atoms with Crippen LogP contribution in [0.3, 0.4) is 0 Å². The largest absolute Gasteiger partial charge is 0.311 e. The summed E-state index contributed by atoms with van der Waals surface area (Å²) in [6.45, 7) is 0. The molecular formula is C102H78N2S2. The van der Waals surface area contributed by atoms with Gasteiger partial charge in [0.1, 0.15) is 0 Å². The highest BCUT2D eigenvalue weighted by atomic mass is 32.2. The second-order valence-corrected chi connectivity index (χ2v) is 31.9. The smallest absolute Gasteiger partial charge is 0.0714 e. The number of para-hydroxylation sites is 2. The minimum atomic E-state index is -0.607. The van der Waals surface area contributed by atoms with Crippen molar-refractivity contribution in [3.8, 4) is 33.4 Å². The molecule has 7 aliphatic carbocycles. The van der Waals surface area contributed by atoms with Crippen molar-refractivity contribution in [2.24, 2.45) is 5.92 Å². The SMILES string of the molecule is C1=CCC(c2ccc3c(c2)C(c2ccccc2)(c2ccc(SC4=CC5=C(CC4)CC5)cc2)c2cc(N(c4ccccc4)c4ccc(-c5ccc(N(C6=CC7C(C=C6)c6ccc(-c8ccccc8)cc6C7(c6ccccc6)c6ccc(Sc7ccc8c(c7)CC8)cc6)c6ccccc6)cc5)cc4)ccc2-3)C=C1. The Hall–Kier alpha value is -11.4. The van der Waals surface area contributed by atoms with E-state index in [4.69, 9.17) is 0 Å². The Kier molecular flexibility index (Phi) is 16.3. The molecule has 5 unspecified atom stereocenters. The summed E-state index contributed by atoms with van der Waals surface area (Å²) in [6, 6.07) is 122. The molecule has 13 aromatic rings. The van der Waals surface area contributed by atoms with E-state index in [1.54, 1.807) is 11.1 Å². The van der Waals surface area contributed by atoms with Gasteiger partial charge in [-0.05, 0) is 265 Å². The summed E-state index contributed by atoms with van der Waals surface area (Å²) >= 11 is 3.82. The fraction of sp³-hybridized carbons (Fsp3) is 0.118. The number of benzene rings is 13. The van der Waals surface area contributed by atoms with Crippen LogP contribution in [-0.4, -0.2) is 0 Å². The molecule has 5 atom stereocenters. The van der Waals surface area contributed by atoms with Gasteiger partial charge in [0, 0.05) is 66.6 Å². The summed E-state index contributed by atoms with van der Waals surface area (Å²) in [5, 5.41) is 0. The summed E-state index contributed by atoms with van der Waals surface area (Å²) in [7, 11) is 0. The third kappa shape index (κ3) is 11.1. The average Bonchev–Trinajstić information content (AvgIpc) is 1.51. The van der Waals surface area contributed by atoms with E-state index < -0.39 is 10.8 Å². The molecule has 20 rings (SSSR count). The van der Waals surface area contributed by atoms with Gasteiger partial charge in [0.25, 0.3) is 0 Å². The van der Waals surface area contributed by atoms with Gasteiger partial charge in [-0.25, -0.2) is 0 Å². The zero-order valence-electron chi connectivity index (χ0n) is 59.1. The molecule has 0 saturated heterocycles. The number of anilines is 5. The number of aryl methyl sites for hydroxylation is 2. The minimum absolute atomic E-state index is 0.0378. The fourth-order valence-electron chi connectivity index (χ4n) is 18.5. The molecule has 2 nitrogen and oxygen atoms in total. The van der Waals surface area contributed by atoms with Gasteiger partial charge in [0.05, 0.1) is 10.8 Å². The zero-order valence-corrected chi connectivity index (χ0v) is 60.7. The number of hydrogen-bond acceptors (Lipinski definition) is 4. The van der Waals surface area contributed by atoms with Gasteiger partial charge in [-0.15, -0.1) is 0 Å². The lowest BCUT2D eigenvalue weighted by Gasteiger charge is -2.40. The summed E-state index contributed by atoms with van der Waals surface area (Å²) in [5.41, 5.74) is 30.9. The number of fused-ring (bicyclic) bond motifs is 7. The van der Waals surface area contributed by atoms with Crippen molar-refractivity contribution in [2.75, 3.05) is 9.80 Å². The van der Waals surface area contributed by atoms with E-state index in [9.17, 15) is 0 Å². The number of rotatable bonds is 17. The Morgan fingerprint density at radius 3 is 1.55 bits per heavy atom. The van der Waals surface area contributed by atoms with Gasteiger partial charge in [-0.1, -0.05) is 284 Å². The van der Waals surface area contributed by atoms with Gasteiger partial charge in [-0.2, -0.15) is 0 Å². The Morgan fingerprint density at radius 2 is 0.906 bits per heavy atom. The Morgan fingerprint density at radius 1 is 0.358 bits per heavy atom. The van der Waals surface area contributed by atoms with Gasteiger partial charge in [-0.3, -0.25) is 0 Å². The molecule has 0 aromatic heterocycles. The first-order valence-electron chi connectivity index (χ1n) is 37.8. The standard InChI is InChI=1S/C102H78N2S2/c1-7-19-69(20-8-1)77-41-59-93-95-61-51-87(67-99(95)101(97(93)65-77,79-23-11-3-12-24-79)81-43-55-89(56-44-81)105-91-53-39-73-31-33-75(73)63-91)103(83-27-15-5-16-28-83)85-47-35-71(36-48-85)72-37-49-86(50-38-72)104(84-29-17-6-18-30-84)88-52-62-96-94-60-42-78(70-21-9-2-10-22-70)66-98(94)102(100(96)68-88,80-25-13-4-14-26-80)82-45-57-90(58-46-82)106-92-54-40-74-32-34-76(74)64-92/h1-21,23-30,35-39,41-53,55-68,70,95,99H,22,31-34,40,54H2. The van der Waals surface area contributed by atoms with E-state index in [0.29, 0.717) is 5.92 Å². The molecule has 13 aromatic carbocycles. The molecule has 0 bridgehead atoms. The highest BCUT2D eigenvalue weighted by Crippen LogP contribution is 2.62. The van der Waals surface area contributed by atoms with E-state index in [1.807, 2.05) is 23.5 Å². The molecule has 0 N–H and O–H groups in total. The van der Waals surface area contributed by atoms with Crippen molar-refractivity contribution in [2.45, 2.75) is 82.3 Å². The van der Waals surface area contributed by atoms with Crippen LogP contribution in [0.5, 0.6) is 0 Å². The lowest BCUT2D eigenvalue weighted by Crippen LogP contribution is -2.36. The number of hydrogen-bond donors (Lipinski definition) is 0. The first-order valence-corrected chi connectivity index (χ1v) is 39.5. The molecule has 0 saturated carbocycles. The van der Waals surface area contributed by atoms with E-state index >= 15 is 0 Å². The lowest BCUT2D eigenvalue weighted by molar-refractivity contribution is 0.453. The monoisotopic (exact) mass is 1390 g/mol. The Balaban J connectivity index is 0.659.